The van der Waals surface area contributed by atoms with E-state index >= 15 is 0 Å². The molecule has 5 nitrogen and oxygen atoms in total. The van der Waals surface area contributed by atoms with Crippen molar-refractivity contribution >= 4 is 43.3 Å². The van der Waals surface area contributed by atoms with E-state index in [0.29, 0.717) is 10.3 Å². The molecule has 1 atom stereocenters. The number of rotatable bonds is 4. The number of halogens is 1. The van der Waals surface area contributed by atoms with Crippen molar-refractivity contribution in [2.45, 2.75) is 50.0 Å². The molecule has 2 heterocycles. The molecule has 1 aliphatic heterocycles. The molecule has 0 radical (unpaired) electrons. The minimum atomic E-state index is -3.66. The van der Waals surface area contributed by atoms with Crippen LogP contribution in [0.1, 0.15) is 48.7 Å². The summed E-state index contributed by atoms with van der Waals surface area (Å²) in [6.45, 7) is 2.50. The first kappa shape index (κ1) is 16.9. The fourth-order valence-electron chi connectivity index (χ4n) is 2.63. The lowest BCUT2D eigenvalue weighted by Gasteiger charge is -2.28. The number of nitrogens with zero attached hydrogens (tertiary/aromatic N) is 1. The molecule has 0 saturated carbocycles. The summed E-state index contributed by atoms with van der Waals surface area (Å²) in [5, 5.41) is 9.02. The van der Waals surface area contributed by atoms with Crippen LogP contribution < -0.4 is 0 Å². The molecule has 21 heavy (non-hydrogen) atoms. The Bertz CT molecular complexity index is 626. The number of carboxylic acid groups (broad SMARTS) is 1. The van der Waals surface area contributed by atoms with Crippen LogP contribution in [0.25, 0.3) is 0 Å². The molecule has 1 aliphatic rings. The van der Waals surface area contributed by atoms with Crippen molar-refractivity contribution in [3.63, 3.8) is 0 Å². The van der Waals surface area contributed by atoms with Crippen LogP contribution in [0.3, 0.4) is 0 Å². The fourth-order valence-corrected chi connectivity index (χ4v) is 6.76. The van der Waals surface area contributed by atoms with Crippen LogP contribution in [0.15, 0.2) is 14.7 Å². The van der Waals surface area contributed by atoms with E-state index in [2.05, 4.69) is 15.9 Å². The van der Waals surface area contributed by atoms with Gasteiger partial charge < -0.3 is 5.11 Å². The molecule has 1 unspecified atom stereocenters. The van der Waals surface area contributed by atoms with E-state index in [-0.39, 0.29) is 15.8 Å². The zero-order valence-corrected chi connectivity index (χ0v) is 14.9. The third-order valence-corrected chi connectivity index (χ3v) is 7.94. The van der Waals surface area contributed by atoms with Crippen molar-refractivity contribution in [3.05, 3.63) is 14.7 Å². The summed E-state index contributed by atoms with van der Waals surface area (Å²) in [6.07, 6.45) is 4.56. The topological polar surface area (TPSA) is 74.7 Å². The maximum Gasteiger partial charge on any atom is 0.345 e. The molecule has 2 rings (SSSR count). The van der Waals surface area contributed by atoms with Gasteiger partial charge in [0.15, 0.2) is 0 Å². The van der Waals surface area contributed by atoms with E-state index in [4.69, 9.17) is 5.11 Å². The van der Waals surface area contributed by atoms with E-state index in [0.717, 1.165) is 43.4 Å². The molecule has 118 valence electrons. The summed E-state index contributed by atoms with van der Waals surface area (Å²) in [5.74, 6) is -1.11. The van der Waals surface area contributed by atoms with Crippen LogP contribution in [0, 0.1) is 0 Å². The number of thiophene rings is 1. The van der Waals surface area contributed by atoms with Crippen LogP contribution in [-0.2, 0) is 10.0 Å². The van der Waals surface area contributed by atoms with Gasteiger partial charge in [0.2, 0.25) is 10.0 Å². The molecular formula is C13H18BrNO4S2. The van der Waals surface area contributed by atoms with E-state index in [1.165, 1.54) is 6.07 Å². The van der Waals surface area contributed by atoms with Gasteiger partial charge in [-0.05, 0) is 41.3 Å². The number of hydrogen-bond acceptors (Lipinski definition) is 4. The van der Waals surface area contributed by atoms with Gasteiger partial charge >= 0.3 is 5.97 Å². The van der Waals surface area contributed by atoms with Gasteiger partial charge in [0.25, 0.3) is 0 Å². The molecule has 0 bridgehead atoms. The van der Waals surface area contributed by atoms with Crippen LogP contribution in [0.2, 0.25) is 0 Å². The lowest BCUT2D eigenvalue weighted by atomic mass is 10.1. The minimum absolute atomic E-state index is 0.00224. The summed E-state index contributed by atoms with van der Waals surface area (Å²) in [4.78, 5) is 11.1. The van der Waals surface area contributed by atoms with E-state index in [1.807, 2.05) is 6.92 Å². The van der Waals surface area contributed by atoms with Crippen LogP contribution in [0.5, 0.6) is 0 Å². The van der Waals surface area contributed by atoms with E-state index in [9.17, 15) is 13.2 Å². The predicted octanol–water partition coefficient (Wildman–Crippen LogP) is 3.55. The second kappa shape index (κ2) is 6.76. The molecule has 1 fully saturated rings. The molecular weight excluding hydrogens is 378 g/mol. The highest BCUT2D eigenvalue weighted by molar-refractivity contribution is 9.11. The highest BCUT2D eigenvalue weighted by Gasteiger charge is 2.34. The Morgan fingerprint density at radius 1 is 1.48 bits per heavy atom. The number of hydrogen-bond donors (Lipinski definition) is 1. The molecule has 1 N–H and O–H groups in total. The van der Waals surface area contributed by atoms with Crippen molar-refractivity contribution in [1.82, 2.24) is 4.31 Å². The quantitative estimate of drug-likeness (QED) is 0.845. The lowest BCUT2D eigenvalue weighted by molar-refractivity contribution is 0.0702. The van der Waals surface area contributed by atoms with Crippen molar-refractivity contribution in [2.75, 3.05) is 6.54 Å². The zero-order valence-electron chi connectivity index (χ0n) is 11.7. The van der Waals surface area contributed by atoms with Crippen molar-refractivity contribution < 1.29 is 18.3 Å². The zero-order chi connectivity index (χ0) is 15.6. The predicted molar refractivity (Wildman–Crippen MR) is 85.4 cm³/mol. The maximum absolute atomic E-state index is 12.9. The summed E-state index contributed by atoms with van der Waals surface area (Å²) in [7, 11) is -3.66. The Kier molecular flexibility index (Phi) is 5.45. The minimum Gasteiger partial charge on any atom is -0.477 e. The van der Waals surface area contributed by atoms with Crippen LogP contribution in [0.4, 0.5) is 0 Å². The fraction of sp³-hybridized carbons (Fsp3) is 0.615. The summed E-state index contributed by atoms with van der Waals surface area (Å²) < 4.78 is 27.7. The Balaban J connectivity index is 2.42. The van der Waals surface area contributed by atoms with Gasteiger partial charge in [-0.3, -0.25) is 0 Å². The first-order valence-corrected chi connectivity index (χ1v) is 9.97. The molecule has 0 spiro atoms. The standard InChI is InChI=1S/C13H18BrNO4S2/c1-2-9-6-4-3-5-7-15(9)21(18,19)11-8-10(13(16)17)20-12(11)14/h8-9H,2-7H2,1H3,(H,16,17). The molecule has 0 aliphatic carbocycles. The monoisotopic (exact) mass is 395 g/mol. The maximum atomic E-state index is 12.9. The second-order valence-corrected chi connectivity index (χ2v) is 9.31. The normalized spacial score (nSPS) is 21.1. The number of carboxylic acids is 1. The van der Waals surface area contributed by atoms with Gasteiger partial charge in [0, 0.05) is 12.6 Å². The van der Waals surface area contributed by atoms with Gasteiger partial charge in [-0.2, -0.15) is 4.31 Å². The Morgan fingerprint density at radius 2 is 2.19 bits per heavy atom. The highest BCUT2D eigenvalue weighted by Crippen LogP contribution is 2.35. The second-order valence-electron chi connectivity index (χ2n) is 5.08. The third kappa shape index (κ3) is 3.49. The molecule has 0 aromatic carbocycles. The number of carbonyl (C=O) groups is 1. The summed E-state index contributed by atoms with van der Waals surface area (Å²) in [5.41, 5.74) is 0. The molecule has 0 amide bonds. The largest absolute Gasteiger partial charge is 0.477 e. The first-order chi connectivity index (χ1) is 9.87. The van der Waals surface area contributed by atoms with Gasteiger partial charge in [-0.1, -0.05) is 19.8 Å². The smallest absolute Gasteiger partial charge is 0.345 e. The first-order valence-electron chi connectivity index (χ1n) is 6.92. The molecule has 8 heteroatoms. The third-order valence-electron chi connectivity index (χ3n) is 3.75. The van der Waals surface area contributed by atoms with E-state index in [1.54, 1.807) is 4.31 Å². The Morgan fingerprint density at radius 3 is 2.76 bits per heavy atom. The number of aromatic carboxylic acids is 1. The average molecular weight is 396 g/mol. The lowest BCUT2D eigenvalue weighted by Crippen LogP contribution is -2.39. The SMILES string of the molecule is CCC1CCCCCN1S(=O)(=O)c1cc(C(=O)O)sc1Br. The van der Waals surface area contributed by atoms with Gasteiger partial charge in [-0.25, -0.2) is 13.2 Å². The van der Waals surface area contributed by atoms with Crippen LogP contribution in [-0.4, -0.2) is 36.4 Å². The number of sulfonamides is 1. The Hall–Kier alpha value is -0.440. The molecule has 1 aromatic heterocycles. The van der Waals surface area contributed by atoms with Crippen molar-refractivity contribution in [3.8, 4) is 0 Å². The van der Waals surface area contributed by atoms with Gasteiger partial charge in [-0.15, -0.1) is 11.3 Å². The van der Waals surface area contributed by atoms with E-state index < -0.39 is 16.0 Å². The average Bonchev–Trinajstić information content (AvgIpc) is 2.68. The summed E-state index contributed by atoms with van der Waals surface area (Å²) >= 11 is 4.14. The van der Waals surface area contributed by atoms with Crippen LogP contribution >= 0.6 is 27.3 Å². The highest BCUT2D eigenvalue weighted by atomic mass is 79.9. The summed E-state index contributed by atoms with van der Waals surface area (Å²) in [6, 6.07) is 1.25. The van der Waals surface area contributed by atoms with Crippen molar-refractivity contribution in [1.29, 1.82) is 0 Å². The molecule has 1 saturated heterocycles. The molecule has 1 aromatic rings. The van der Waals surface area contributed by atoms with Crippen molar-refractivity contribution in [2.24, 2.45) is 0 Å². The van der Waals surface area contributed by atoms with Gasteiger partial charge in [0.05, 0.1) is 3.79 Å². The van der Waals surface area contributed by atoms with Gasteiger partial charge in [0.1, 0.15) is 9.77 Å². The Labute approximate surface area is 137 Å².